The molecule has 2 aromatic rings. The fourth-order valence-corrected chi connectivity index (χ4v) is 2.06. The third-order valence-corrected chi connectivity index (χ3v) is 3.44. The third kappa shape index (κ3) is 6.43. The predicted octanol–water partition coefficient (Wildman–Crippen LogP) is 1.89. The Bertz CT molecular complexity index is 806. The number of methoxy groups -OCH3 is 1. The number of esters is 1. The molecular formula is C19H18FNO6. The van der Waals surface area contributed by atoms with Crippen LogP contribution < -0.4 is 14.8 Å². The number of benzene rings is 2. The molecule has 1 amide bonds. The maximum atomic E-state index is 12.8. The zero-order valence-electron chi connectivity index (χ0n) is 14.6. The van der Waals surface area contributed by atoms with Crippen LogP contribution in [0.25, 0.3) is 0 Å². The molecule has 0 bridgehead atoms. The van der Waals surface area contributed by atoms with Crippen LogP contribution in [0.4, 0.5) is 4.39 Å². The highest BCUT2D eigenvalue weighted by Gasteiger charge is 2.11. The van der Waals surface area contributed by atoms with Crippen LogP contribution in [0.3, 0.4) is 0 Å². The topological polar surface area (TPSA) is 90.9 Å². The number of amides is 1. The fraction of sp³-hybridized carbons (Fsp3) is 0.211. The SMILES string of the molecule is COc1cc(C=O)ccc1OCC(=O)OCC(=O)NCc1ccc(F)cc1. The molecule has 0 aliphatic rings. The molecule has 2 rings (SSSR count). The molecule has 0 atom stereocenters. The van der Waals surface area contributed by atoms with E-state index in [2.05, 4.69) is 5.32 Å². The fourth-order valence-electron chi connectivity index (χ4n) is 2.06. The van der Waals surface area contributed by atoms with E-state index in [4.69, 9.17) is 14.2 Å². The Kier molecular flexibility index (Phi) is 7.30. The third-order valence-electron chi connectivity index (χ3n) is 3.44. The summed E-state index contributed by atoms with van der Waals surface area (Å²) >= 11 is 0. The highest BCUT2D eigenvalue weighted by Crippen LogP contribution is 2.27. The van der Waals surface area contributed by atoms with Gasteiger partial charge in [-0.2, -0.15) is 0 Å². The van der Waals surface area contributed by atoms with Crippen molar-refractivity contribution < 1.29 is 33.0 Å². The highest BCUT2D eigenvalue weighted by molar-refractivity contribution is 5.81. The van der Waals surface area contributed by atoms with Gasteiger partial charge in [0.1, 0.15) is 12.1 Å². The molecule has 0 fully saturated rings. The highest BCUT2D eigenvalue weighted by atomic mass is 19.1. The Balaban J connectivity index is 1.73. The summed E-state index contributed by atoms with van der Waals surface area (Å²) in [4.78, 5) is 34.1. The summed E-state index contributed by atoms with van der Waals surface area (Å²) in [5.41, 5.74) is 1.12. The van der Waals surface area contributed by atoms with E-state index >= 15 is 0 Å². The Hall–Kier alpha value is -3.42. The van der Waals surface area contributed by atoms with Crippen LogP contribution in [0.1, 0.15) is 15.9 Å². The van der Waals surface area contributed by atoms with Gasteiger partial charge in [-0.1, -0.05) is 12.1 Å². The smallest absolute Gasteiger partial charge is 0.344 e. The first-order valence-corrected chi connectivity index (χ1v) is 7.94. The first kappa shape index (κ1) is 19.9. The summed E-state index contributed by atoms with van der Waals surface area (Å²) in [6.45, 7) is -0.708. The van der Waals surface area contributed by atoms with Gasteiger partial charge < -0.3 is 19.5 Å². The second-order valence-electron chi connectivity index (χ2n) is 5.38. The molecule has 0 radical (unpaired) electrons. The zero-order chi connectivity index (χ0) is 19.6. The van der Waals surface area contributed by atoms with Gasteiger partial charge in [-0.25, -0.2) is 9.18 Å². The Morgan fingerprint density at radius 3 is 2.48 bits per heavy atom. The van der Waals surface area contributed by atoms with E-state index in [1.165, 1.54) is 37.4 Å². The summed E-state index contributed by atoms with van der Waals surface area (Å²) < 4.78 is 28.0. The summed E-state index contributed by atoms with van der Waals surface area (Å²) in [7, 11) is 1.40. The first-order chi connectivity index (χ1) is 13.0. The summed E-state index contributed by atoms with van der Waals surface area (Å²) in [5, 5.41) is 2.55. The largest absolute Gasteiger partial charge is 0.493 e. The van der Waals surface area contributed by atoms with Crippen molar-refractivity contribution in [3.8, 4) is 11.5 Å². The molecule has 0 saturated heterocycles. The van der Waals surface area contributed by atoms with Gasteiger partial charge in [0.25, 0.3) is 5.91 Å². The number of aldehydes is 1. The molecule has 1 N–H and O–H groups in total. The number of carbonyl (C=O) groups is 3. The van der Waals surface area contributed by atoms with Gasteiger partial charge in [0.15, 0.2) is 24.7 Å². The van der Waals surface area contributed by atoms with Crippen molar-refractivity contribution in [3.05, 3.63) is 59.4 Å². The molecule has 0 aromatic heterocycles. The monoisotopic (exact) mass is 375 g/mol. The molecule has 142 valence electrons. The lowest BCUT2D eigenvalue weighted by Gasteiger charge is -2.11. The van der Waals surface area contributed by atoms with Crippen molar-refractivity contribution in [2.24, 2.45) is 0 Å². The normalized spacial score (nSPS) is 10.0. The molecule has 7 nitrogen and oxygen atoms in total. The molecule has 0 aliphatic heterocycles. The Labute approximate surface area is 155 Å². The Morgan fingerprint density at radius 2 is 1.81 bits per heavy atom. The zero-order valence-corrected chi connectivity index (χ0v) is 14.6. The van der Waals surface area contributed by atoms with Gasteiger partial charge in [0, 0.05) is 12.1 Å². The minimum absolute atomic E-state index is 0.188. The number of nitrogens with one attached hydrogen (secondary N) is 1. The van der Waals surface area contributed by atoms with Crippen LogP contribution in [0.15, 0.2) is 42.5 Å². The van der Waals surface area contributed by atoms with Gasteiger partial charge >= 0.3 is 5.97 Å². The van der Waals surface area contributed by atoms with E-state index < -0.39 is 25.1 Å². The average molecular weight is 375 g/mol. The predicted molar refractivity (Wildman–Crippen MR) is 93.1 cm³/mol. The lowest BCUT2D eigenvalue weighted by atomic mass is 10.2. The van der Waals surface area contributed by atoms with Crippen molar-refractivity contribution >= 4 is 18.2 Å². The van der Waals surface area contributed by atoms with Crippen molar-refractivity contribution in [1.82, 2.24) is 5.32 Å². The summed E-state index contributed by atoms with van der Waals surface area (Å²) in [6.07, 6.45) is 0.658. The van der Waals surface area contributed by atoms with Crippen LogP contribution in [-0.2, 0) is 20.9 Å². The minimum atomic E-state index is -0.742. The second kappa shape index (κ2) is 9.91. The van der Waals surface area contributed by atoms with Crippen LogP contribution >= 0.6 is 0 Å². The summed E-state index contributed by atoms with van der Waals surface area (Å²) in [6, 6.07) is 10.1. The van der Waals surface area contributed by atoms with Gasteiger partial charge in [0.2, 0.25) is 0 Å². The maximum Gasteiger partial charge on any atom is 0.344 e. The van der Waals surface area contributed by atoms with Gasteiger partial charge in [-0.05, 0) is 35.9 Å². The van der Waals surface area contributed by atoms with E-state index in [1.807, 2.05) is 0 Å². The maximum absolute atomic E-state index is 12.8. The minimum Gasteiger partial charge on any atom is -0.493 e. The number of rotatable bonds is 9. The molecule has 0 unspecified atom stereocenters. The van der Waals surface area contributed by atoms with Crippen LogP contribution in [-0.4, -0.2) is 38.5 Å². The van der Waals surface area contributed by atoms with Gasteiger partial charge in [-0.3, -0.25) is 9.59 Å². The number of hydrogen-bond donors (Lipinski definition) is 1. The molecule has 0 heterocycles. The van der Waals surface area contributed by atoms with Crippen molar-refractivity contribution in [2.75, 3.05) is 20.3 Å². The lowest BCUT2D eigenvalue weighted by molar-refractivity contribution is -0.150. The second-order valence-corrected chi connectivity index (χ2v) is 5.38. The van der Waals surface area contributed by atoms with Crippen molar-refractivity contribution in [3.63, 3.8) is 0 Å². The average Bonchev–Trinajstić information content (AvgIpc) is 2.70. The molecular weight excluding hydrogens is 357 g/mol. The Morgan fingerprint density at radius 1 is 1.07 bits per heavy atom. The lowest BCUT2D eigenvalue weighted by Crippen LogP contribution is -2.29. The van der Waals surface area contributed by atoms with Crippen molar-refractivity contribution in [2.45, 2.75) is 6.54 Å². The molecule has 0 saturated carbocycles. The van der Waals surface area contributed by atoms with Gasteiger partial charge in [0.05, 0.1) is 7.11 Å². The van der Waals surface area contributed by atoms with Crippen LogP contribution in [0.2, 0.25) is 0 Å². The number of carbonyl (C=O) groups excluding carboxylic acids is 3. The molecule has 0 aliphatic carbocycles. The molecule has 2 aromatic carbocycles. The molecule has 8 heteroatoms. The van der Waals surface area contributed by atoms with Crippen LogP contribution in [0, 0.1) is 5.82 Å². The number of halogens is 1. The number of hydrogen-bond acceptors (Lipinski definition) is 6. The first-order valence-electron chi connectivity index (χ1n) is 7.94. The number of ether oxygens (including phenoxy) is 3. The standard InChI is InChI=1S/C19H18FNO6/c1-25-17-8-14(10-22)4-7-16(17)26-12-19(24)27-11-18(23)21-9-13-2-5-15(20)6-3-13/h2-8,10H,9,11-12H2,1H3,(H,21,23). The van der Waals surface area contributed by atoms with Crippen LogP contribution in [0.5, 0.6) is 11.5 Å². The molecule has 27 heavy (non-hydrogen) atoms. The summed E-state index contributed by atoms with van der Waals surface area (Å²) in [5.74, 6) is -1.05. The molecule has 0 spiro atoms. The van der Waals surface area contributed by atoms with E-state index in [-0.39, 0.29) is 18.1 Å². The van der Waals surface area contributed by atoms with E-state index in [9.17, 15) is 18.8 Å². The van der Waals surface area contributed by atoms with E-state index in [1.54, 1.807) is 12.1 Å². The van der Waals surface area contributed by atoms with E-state index in [0.717, 1.165) is 0 Å². The van der Waals surface area contributed by atoms with Gasteiger partial charge in [-0.15, -0.1) is 0 Å². The van der Waals surface area contributed by atoms with E-state index in [0.29, 0.717) is 23.2 Å². The quantitative estimate of drug-likeness (QED) is 0.532. The van der Waals surface area contributed by atoms with Crippen molar-refractivity contribution in [1.29, 1.82) is 0 Å².